The van der Waals surface area contributed by atoms with Gasteiger partial charge in [-0.2, -0.15) is 5.10 Å². The standard InChI is InChI=1S/C17H27N5OS/c1-16(2,3)12-10-13(22(20-12)17(4,5)6)19-15(23)21(7)11-14-18-8-9-24-14/h8-10H,11H2,1-7H3,(H,19,23). The highest BCUT2D eigenvalue weighted by Gasteiger charge is 2.26. The topological polar surface area (TPSA) is 63.1 Å². The molecule has 0 atom stereocenters. The molecule has 1 N–H and O–H groups in total. The van der Waals surface area contributed by atoms with Gasteiger partial charge in [-0.05, 0) is 20.8 Å². The fourth-order valence-corrected chi connectivity index (χ4v) is 2.83. The van der Waals surface area contributed by atoms with Gasteiger partial charge in [0.1, 0.15) is 10.8 Å². The summed E-state index contributed by atoms with van der Waals surface area (Å²) < 4.78 is 1.88. The van der Waals surface area contributed by atoms with E-state index in [9.17, 15) is 4.79 Å². The lowest BCUT2D eigenvalue weighted by molar-refractivity contribution is 0.220. The van der Waals surface area contributed by atoms with Crippen LogP contribution in [-0.4, -0.2) is 32.7 Å². The first-order chi connectivity index (χ1) is 11.0. The van der Waals surface area contributed by atoms with Gasteiger partial charge in [0.05, 0.1) is 17.8 Å². The maximum atomic E-state index is 12.5. The van der Waals surface area contributed by atoms with Crippen molar-refractivity contribution >= 4 is 23.2 Å². The Morgan fingerprint density at radius 3 is 2.46 bits per heavy atom. The number of aromatic nitrogens is 3. The molecule has 7 heteroatoms. The first-order valence-corrected chi connectivity index (χ1v) is 8.88. The van der Waals surface area contributed by atoms with Crippen molar-refractivity contribution in [3.8, 4) is 0 Å². The Balaban J connectivity index is 2.21. The molecule has 0 aromatic carbocycles. The van der Waals surface area contributed by atoms with Crippen LogP contribution in [0.2, 0.25) is 0 Å². The second-order valence-electron chi connectivity index (χ2n) is 7.96. The van der Waals surface area contributed by atoms with Gasteiger partial charge in [0.2, 0.25) is 0 Å². The SMILES string of the molecule is CN(Cc1nccs1)C(=O)Nc1cc(C(C)(C)C)nn1C(C)(C)C. The summed E-state index contributed by atoms with van der Waals surface area (Å²) in [6, 6.07) is 1.79. The van der Waals surface area contributed by atoms with Gasteiger partial charge < -0.3 is 4.90 Å². The number of carbonyl (C=O) groups is 1. The highest BCUT2D eigenvalue weighted by Crippen LogP contribution is 2.28. The van der Waals surface area contributed by atoms with Crippen LogP contribution in [0.1, 0.15) is 52.2 Å². The summed E-state index contributed by atoms with van der Waals surface area (Å²) in [5.41, 5.74) is 0.651. The molecule has 6 nitrogen and oxygen atoms in total. The number of anilines is 1. The van der Waals surface area contributed by atoms with Crippen LogP contribution in [0.3, 0.4) is 0 Å². The molecule has 0 aliphatic carbocycles. The lowest BCUT2D eigenvalue weighted by atomic mass is 9.92. The summed E-state index contributed by atoms with van der Waals surface area (Å²) in [4.78, 5) is 18.4. The Morgan fingerprint density at radius 1 is 1.29 bits per heavy atom. The minimum Gasteiger partial charge on any atom is -0.321 e. The van der Waals surface area contributed by atoms with Crippen LogP contribution in [0.25, 0.3) is 0 Å². The van der Waals surface area contributed by atoms with Gasteiger partial charge in [-0.1, -0.05) is 20.8 Å². The van der Waals surface area contributed by atoms with Crippen LogP contribution in [0, 0.1) is 0 Å². The number of hydrogen-bond acceptors (Lipinski definition) is 4. The molecule has 0 saturated heterocycles. The van der Waals surface area contributed by atoms with E-state index in [1.54, 1.807) is 18.1 Å². The van der Waals surface area contributed by atoms with E-state index in [0.717, 1.165) is 10.7 Å². The number of carbonyl (C=O) groups excluding carboxylic acids is 1. The highest BCUT2D eigenvalue weighted by atomic mass is 32.1. The zero-order valence-corrected chi connectivity index (χ0v) is 16.4. The van der Waals surface area contributed by atoms with E-state index in [1.165, 1.54) is 11.3 Å². The molecular formula is C17H27N5OS. The maximum absolute atomic E-state index is 12.5. The van der Waals surface area contributed by atoms with Crippen molar-refractivity contribution in [2.75, 3.05) is 12.4 Å². The monoisotopic (exact) mass is 349 g/mol. The fraction of sp³-hybridized carbons (Fsp3) is 0.588. The average molecular weight is 350 g/mol. The fourth-order valence-electron chi connectivity index (χ4n) is 2.16. The van der Waals surface area contributed by atoms with E-state index in [4.69, 9.17) is 5.10 Å². The number of nitrogens with zero attached hydrogens (tertiary/aromatic N) is 4. The third kappa shape index (κ3) is 4.35. The van der Waals surface area contributed by atoms with Gasteiger partial charge in [-0.25, -0.2) is 14.5 Å². The summed E-state index contributed by atoms with van der Waals surface area (Å²) in [5, 5.41) is 10.5. The van der Waals surface area contributed by atoms with E-state index in [2.05, 4.69) is 51.8 Å². The second kappa shape index (κ2) is 6.55. The van der Waals surface area contributed by atoms with Crippen molar-refractivity contribution in [2.45, 2.75) is 59.0 Å². The summed E-state index contributed by atoms with van der Waals surface area (Å²) in [5.74, 6) is 0.711. The molecule has 2 aromatic heterocycles. The van der Waals surface area contributed by atoms with E-state index >= 15 is 0 Å². The number of nitrogens with one attached hydrogen (secondary N) is 1. The van der Waals surface area contributed by atoms with Crippen molar-refractivity contribution in [3.05, 3.63) is 28.3 Å². The predicted octanol–water partition coefficient (Wildman–Crippen LogP) is 4.06. The van der Waals surface area contributed by atoms with Crippen molar-refractivity contribution in [1.82, 2.24) is 19.7 Å². The van der Waals surface area contributed by atoms with Crippen LogP contribution >= 0.6 is 11.3 Å². The first-order valence-electron chi connectivity index (χ1n) is 8.00. The molecule has 24 heavy (non-hydrogen) atoms. The van der Waals surface area contributed by atoms with Crippen LogP contribution in [-0.2, 0) is 17.5 Å². The lowest BCUT2D eigenvalue weighted by Gasteiger charge is -2.24. The number of amides is 2. The van der Waals surface area contributed by atoms with Crippen LogP contribution in [0.4, 0.5) is 10.6 Å². The van der Waals surface area contributed by atoms with E-state index < -0.39 is 0 Å². The number of hydrogen-bond donors (Lipinski definition) is 1. The molecule has 132 valence electrons. The summed E-state index contributed by atoms with van der Waals surface area (Å²) in [6.07, 6.45) is 1.75. The van der Waals surface area contributed by atoms with E-state index in [1.807, 2.05) is 16.1 Å². The minimum atomic E-state index is -0.222. The number of thiazole rings is 1. The zero-order chi connectivity index (χ0) is 18.1. The predicted molar refractivity (Wildman–Crippen MR) is 98.5 cm³/mol. The van der Waals surface area contributed by atoms with Crippen LogP contribution < -0.4 is 5.32 Å². The highest BCUT2D eigenvalue weighted by molar-refractivity contribution is 7.09. The normalized spacial score (nSPS) is 12.3. The van der Waals surface area contributed by atoms with Gasteiger partial charge >= 0.3 is 6.03 Å². The lowest BCUT2D eigenvalue weighted by Crippen LogP contribution is -2.33. The molecule has 0 unspecified atom stereocenters. The summed E-state index contributed by atoms with van der Waals surface area (Å²) >= 11 is 1.54. The molecular weight excluding hydrogens is 322 g/mol. The van der Waals surface area contributed by atoms with Gasteiger partial charge in [0.25, 0.3) is 0 Å². The number of rotatable bonds is 3. The van der Waals surface area contributed by atoms with Crippen molar-refractivity contribution in [1.29, 1.82) is 0 Å². The van der Waals surface area contributed by atoms with E-state index in [-0.39, 0.29) is 17.0 Å². The smallest absolute Gasteiger partial charge is 0.321 e. The van der Waals surface area contributed by atoms with Gasteiger partial charge in [-0.15, -0.1) is 11.3 Å². The number of urea groups is 1. The maximum Gasteiger partial charge on any atom is 0.323 e. The quantitative estimate of drug-likeness (QED) is 0.909. The second-order valence-corrected chi connectivity index (χ2v) is 8.94. The molecule has 0 saturated carbocycles. The molecule has 0 radical (unpaired) electrons. The molecule has 2 heterocycles. The molecule has 0 bridgehead atoms. The third-order valence-corrected chi connectivity index (χ3v) is 4.32. The molecule has 0 fully saturated rings. The van der Waals surface area contributed by atoms with Crippen molar-refractivity contribution in [2.24, 2.45) is 0 Å². The van der Waals surface area contributed by atoms with Crippen LogP contribution in [0.5, 0.6) is 0 Å². The zero-order valence-electron chi connectivity index (χ0n) is 15.5. The Hall–Kier alpha value is -1.89. The van der Waals surface area contributed by atoms with Gasteiger partial charge in [-0.3, -0.25) is 5.32 Å². The Kier molecular flexibility index (Phi) is 5.03. The molecule has 2 amide bonds. The van der Waals surface area contributed by atoms with E-state index in [0.29, 0.717) is 12.4 Å². The molecule has 0 aliphatic heterocycles. The summed E-state index contributed by atoms with van der Waals surface area (Å²) in [7, 11) is 1.76. The Labute approximate surface area is 147 Å². The third-order valence-electron chi connectivity index (χ3n) is 3.55. The Morgan fingerprint density at radius 2 is 1.96 bits per heavy atom. The Bertz CT molecular complexity index is 692. The molecule has 2 rings (SSSR count). The van der Waals surface area contributed by atoms with Gasteiger partial charge in [0.15, 0.2) is 0 Å². The summed E-state index contributed by atoms with van der Waals surface area (Å²) in [6.45, 7) is 13.0. The largest absolute Gasteiger partial charge is 0.323 e. The van der Waals surface area contributed by atoms with Gasteiger partial charge in [0, 0.05) is 30.1 Å². The first kappa shape index (κ1) is 18.4. The minimum absolute atomic E-state index is 0.0806. The van der Waals surface area contributed by atoms with Crippen LogP contribution in [0.15, 0.2) is 17.6 Å². The van der Waals surface area contributed by atoms with Crippen molar-refractivity contribution in [3.63, 3.8) is 0 Å². The average Bonchev–Trinajstić information content (AvgIpc) is 3.06. The molecule has 0 aliphatic rings. The molecule has 2 aromatic rings. The van der Waals surface area contributed by atoms with Crippen molar-refractivity contribution < 1.29 is 4.79 Å². The molecule has 0 spiro atoms.